The third-order valence-electron chi connectivity index (χ3n) is 1.82. The van der Waals surface area contributed by atoms with Crippen LogP contribution >= 0.6 is 0 Å². The molecule has 0 fully saturated rings. The van der Waals surface area contributed by atoms with Gasteiger partial charge in [-0.05, 0) is 13.3 Å². The highest BCUT2D eigenvalue weighted by Crippen LogP contribution is 1.97. The molecule has 5 N–H and O–H groups in total. The summed E-state index contributed by atoms with van der Waals surface area (Å²) in [4.78, 5) is 26.0. The molecule has 0 aromatic heterocycles. The van der Waals surface area contributed by atoms with E-state index in [1.54, 1.807) is 0 Å². The Morgan fingerprint density at radius 3 is 2.41 bits per heavy atom. The van der Waals surface area contributed by atoms with Crippen molar-refractivity contribution in [2.45, 2.75) is 31.9 Å². The Bertz CT molecular complexity index is 256. The summed E-state index contributed by atoms with van der Waals surface area (Å²) in [7, 11) is 0. The Labute approximate surface area is 97.1 Å². The SMILES string of the molecule is CC(O)C(NC(=O)CCCON(O)O)C(=O)O. The van der Waals surface area contributed by atoms with Crippen LogP contribution in [0.4, 0.5) is 0 Å². The summed E-state index contributed by atoms with van der Waals surface area (Å²) in [5.74, 6) is -1.91. The fraction of sp³-hybridized carbons (Fsp3) is 0.750. The number of nitrogens with zero attached hydrogens (tertiary/aromatic N) is 1. The number of hydrogen-bond acceptors (Lipinski definition) is 7. The van der Waals surface area contributed by atoms with Crippen LogP contribution in [-0.2, 0) is 14.4 Å². The minimum absolute atomic E-state index is 0.0651. The van der Waals surface area contributed by atoms with Crippen LogP contribution in [0.25, 0.3) is 0 Å². The zero-order valence-electron chi connectivity index (χ0n) is 9.24. The summed E-state index contributed by atoms with van der Waals surface area (Å²) >= 11 is 0. The number of nitrogens with one attached hydrogen (secondary N) is 1. The van der Waals surface area contributed by atoms with Gasteiger partial charge in [0.05, 0.1) is 18.1 Å². The molecule has 0 rings (SSSR count). The monoisotopic (exact) mass is 252 g/mol. The molecule has 17 heavy (non-hydrogen) atoms. The van der Waals surface area contributed by atoms with Crippen molar-refractivity contribution < 1.29 is 35.1 Å². The van der Waals surface area contributed by atoms with Crippen LogP contribution in [-0.4, -0.2) is 56.6 Å². The molecule has 0 aliphatic rings. The molecule has 0 saturated heterocycles. The van der Waals surface area contributed by atoms with E-state index in [4.69, 9.17) is 20.6 Å². The van der Waals surface area contributed by atoms with Crippen LogP contribution in [0.1, 0.15) is 19.8 Å². The van der Waals surface area contributed by atoms with E-state index in [0.717, 1.165) is 0 Å². The zero-order chi connectivity index (χ0) is 13.4. The highest BCUT2D eigenvalue weighted by Gasteiger charge is 2.24. The molecule has 0 aliphatic carbocycles. The predicted octanol–water partition coefficient (Wildman–Crippen LogP) is -1.27. The van der Waals surface area contributed by atoms with E-state index in [1.807, 2.05) is 0 Å². The number of carbonyl (C=O) groups is 2. The van der Waals surface area contributed by atoms with Crippen molar-refractivity contribution in [3.05, 3.63) is 0 Å². The molecule has 0 aromatic carbocycles. The molecular formula is C8H16N2O7. The van der Waals surface area contributed by atoms with Crippen LogP contribution in [0.15, 0.2) is 0 Å². The number of carbonyl (C=O) groups excluding carboxylic acids is 1. The molecule has 0 aliphatic heterocycles. The summed E-state index contributed by atoms with van der Waals surface area (Å²) in [6, 6.07) is -1.37. The lowest BCUT2D eigenvalue weighted by Crippen LogP contribution is -2.47. The lowest BCUT2D eigenvalue weighted by Gasteiger charge is -2.16. The Morgan fingerprint density at radius 1 is 1.41 bits per heavy atom. The first-order chi connectivity index (χ1) is 7.84. The summed E-state index contributed by atoms with van der Waals surface area (Å²) in [5.41, 5.74) is 0. The quantitative estimate of drug-likeness (QED) is 0.266. The standard InChI is InChI=1S/C8H16N2O7/c1-5(11)7(8(13)14)9-6(12)3-2-4-17-10(15)16/h5,7,11,15-16H,2-4H2,1H3,(H,9,12)(H,13,14). The Balaban J connectivity index is 3.87. The first kappa shape index (κ1) is 15.7. The molecule has 9 heteroatoms. The Hall–Kier alpha value is -1.26. The highest BCUT2D eigenvalue weighted by atomic mass is 17.1. The van der Waals surface area contributed by atoms with Crippen LogP contribution in [0.3, 0.4) is 0 Å². The average molecular weight is 252 g/mol. The molecule has 0 spiro atoms. The Morgan fingerprint density at radius 2 is 2.00 bits per heavy atom. The predicted molar refractivity (Wildman–Crippen MR) is 51.8 cm³/mol. The summed E-state index contributed by atoms with van der Waals surface area (Å²) < 4.78 is 0. The first-order valence-corrected chi connectivity index (χ1v) is 4.85. The number of rotatable bonds is 8. The van der Waals surface area contributed by atoms with Crippen molar-refractivity contribution in [2.75, 3.05) is 6.61 Å². The van der Waals surface area contributed by atoms with E-state index in [9.17, 15) is 9.59 Å². The maximum absolute atomic E-state index is 11.2. The van der Waals surface area contributed by atoms with E-state index < -0.39 is 29.4 Å². The van der Waals surface area contributed by atoms with E-state index in [1.165, 1.54) is 6.92 Å². The molecule has 2 atom stereocenters. The van der Waals surface area contributed by atoms with Gasteiger partial charge in [0, 0.05) is 6.42 Å². The van der Waals surface area contributed by atoms with Crippen molar-refractivity contribution in [3.63, 3.8) is 0 Å². The van der Waals surface area contributed by atoms with Gasteiger partial charge in [-0.3, -0.25) is 20.0 Å². The summed E-state index contributed by atoms with van der Waals surface area (Å²) in [6.45, 7) is 1.13. The first-order valence-electron chi connectivity index (χ1n) is 4.85. The van der Waals surface area contributed by atoms with Crippen LogP contribution in [0.2, 0.25) is 0 Å². The number of aliphatic hydroxyl groups excluding tert-OH is 1. The Kier molecular flexibility index (Phi) is 7.34. The molecule has 0 aromatic rings. The van der Waals surface area contributed by atoms with Crippen LogP contribution < -0.4 is 5.32 Å². The van der Waals surface area contributed by atoms with Crippen LogP contribution in [0.5, 0.6) is 0 Å². The van der Waals surface area contributed by atoms with Gasteiger partial charge in [0.1, 0.15) is 0 Å². The normalized spacial score (nSPS) is 14.4. The number of carboxylic acids is 1. The fourth-order valence-corrected chi connectivity index (χ4v) is 1.01. The second-order valence-corrected chi connectivity index (χ2v) is 3.31. The second-order valence-electron chi connectivity index (χ2n) is 3.31. The lowest BCUT2D eigenvalue weighted by atomic mass is 10.1. The topological polar surface area (TPSA) is 140 Å². The van der Waals surface area contributed by atoms with Crippen molar-refractivity contribution in [3.8, 4) is 0 Å². The molecule has 9 nitrogen and oxygen atoms in total. The molecule has 1 amide bonds. The van der Waals surface area contributed by atoms with Gasteiger partial charge in [0.15, 0.2) is 6.04 Å². The molecular weight excluding hydrogens is 236 g/mol. The van der Waals surface area contributed by atoms with E-state index >= 15 is 0 Å². The van der Waals surface area contributed by atoms with Gasteiger partial charge in [-0.2, -0.15) is 0 Å². The number of aliphatic hydroxyl groups is 1. The molecule has 0 radical (unpaired) electrons. The lowest BCUT2D eigenvalue weighted by molar-refractivity contribution is -0.492. The molecule has 100 valence electrons. The van der Waals surface area contributed by atoms with Gasteiger partial charge in [-0.15, -0.1) is 0 Å². The van der Waals surface area contributed by atoms with Gasteiger partial charge < -0.3 is 15.5 Å². The van der Waals surface area contributed by atoms with Crippen molar-refractivity contribution in [1.29, 1.82) is 0 Å². The number of amides is 1. The third-order valence-corrected chi connectivity index (χ3v) is 1.82. The zero-order valence-corrected chi connectivity index (χ0v) is 9.24. The largest absolute Gasteiger partial charge is 0.480 e. The fourth-order valence-electron chi connectivity index (χ4n) is 1.01. The third kappa shape index (κ3) is 7.60. The van der Waals surface area contributed by atoms with Gasteiger partial charge in [0.2, 0.25) is 5.91 Å². The highest BCUT2D eigenvalue weighted by molar-refractivity contribution is 5.83. The maximum atomic E-state index is 11.2. The smallest absolute Gasteiger partial charge is 0.328 e. The molecule has 0 bridgehead atoms. The van der Waals surface area contributed by atoms with Gasteiger partial charge in [0.25, 0.3) is 0 Å². The average Bonchev–Trinajstić information content (AvgIpc) is 2.19. The summed E-state index contributed by atoms with van der Waals surface area (Å²) in [6.07, 6.45) is -1.11. The number of carboxylic acid groups (broad SMARTS) is 1. The van der Waals surface area contributed by atoms with Crippen LogP contribution in [0, 0.1) is 0 Å². The van der Waals surface area contributed by atoms with Crippen molar-refractivity contribution >= 4 is 11.9 Å². The van der Waals surface area contributed by atoms with E-state index in [-0.39, 0.29) is 19.4 Å². The van der Waals surface area contributed by atoms with Crippen molar-refractivity contribution in [1.82, 2.24) is 10.7 Å². The maximum Gasteiger partial charge on any atom is 0.328 e. The minimum Gasteiger partial charge on any atom is -0.480 e. The van der Waals surface area contributed by atoms with E-state index in [0.29, 0.717) is 0 Å². The minimum atomic E-state index is -1.37. The van der Waals surface area contributed by atoms with Gasteiger partial charge >= 0.3 is 5.97 Å². The number of aliphatic carboxylic acids is 1. The molecule has 2 unspecified atom stereocenters. The number of hydrogen-bond donors (Lipinski definition) is 5. The van der Waals surface area contributed by atoms with Gasteiger partial charge in [-0.1, -0.05) is 0 Å². The van der Waals surface area contributed by atoms with E-state index in [2.05, 4.69) is 10.2 Å². The van der Waals surface area contributed by atoms with Gasteiger partial charge in [-0.25, -0.2) is 4.79 Å². The second kappa shape index (κ2) is 7.92. The van der Waals surface area contributed by atoms with Crippen molar-refractivity contribution in [2.24, 2.45) is 0 Å². The summed E-state index contributed by atoms with van der Waals surface area (Å²) in [5, 5.41) is 35.7. The molecule has 0 saturated carbocycles. The molecule has 0 heterocycles.